The molecule has 0 saturated heterocycles. The Kier molecular flexibility index (Phi) is 6.21. The second-order valence-corrected chi connectivity index (χ2v) is 9.12. The first-order chi connectivity index (χ1) is 12.9. The van der Waals surface area contributed by atoms with Crippen LogP contribution in [0.2, 0.25) is 0 Å². The van der Waals surface area contributed by atoms with Gasteiger partial charge in [-0.1, -0.05) is 25.6 Å². The third-order valence-corrected chi connectivity index (χ3v) is 6.63. The van der Waals surface area contributed by atoms with Crippen molar-refractivity contribution < 1.29 is 9.59 Å². The van der Waals surface area contributed by atoms with Crippen LogP contribution in [0.25, 0.3) is 10.2 Å². The fraction of sp³-hybridized carbons (Fsp3) is 0.556. The van der Waals surface area contributed by atoms with Crippen molar-refractivity contribution in [2.24, 2.45) is 13.0 Å². The maximum absolute atomic E-state index is 12.8. The Morgan fingerprint density at radius 2 is 2.04 bits per heavy atom. The van der Waals surface area contributed by atoms with Crippen LogP contribution in [0.15, 0.2) is 9.95 Å². The summed E-state index contributed by atoms with van der Waals surface area (Å²) in [5, 5.41) is 6.15. The highest BCUT2D eigenvalue weighted by atomic mass is 32.2. The molecular formula is C18H24N4O3S2. The van der Waals surface area contributed by atoms with Crippen molar-refractivity contribution >= 4 is 45.3 Å². The van der Waals surface area contributed by atoms with Crippen molar-refractivity contribution in [2.75, 3.05) is 12.3 Å². The highest BCUT2D eigenvalue weighted by Crippen LogP contribution is 2.34. The van der Waals surface area contributed by atoms with Crippen LogP contribution >= 0.6 is 23.1 Å². The second kappa shape index (κ2) is 8.43. The normalized spacial score (nSPS) is 13.6. The smallest absolute Gasteiger partial charge is 0.321 e. The Hall–Kier alpha value is -1.87. The van der Waals surface area contributed by atoms with Gasteiger partial charge in [0.2, 0.25) is 5.91 Å². The summed E-state index contributed by atoms with van der Waals surface area (Å²) in [5.74, 6) is -0.0882. The lowest BCUT2D eigenvalue weighted by molar-refractivity contribution is -0.117. The zero-order valence-electron chi connectivity index (χ0n) is 15.8. The number of amides is 3. The summed E-state index contributed by atoms with van der Waals surface area (Å²) >= 11 is 2.75. The van der Waals surface area contributed by atoms with Gasteiger partial charge in [0.05, 0.1) is 11.1 Å². The summed E-state index contributed by atoms with van der Waals surface area (Å²) in [7, 11) is 1.68. The summed E-state index contributed by atoms with van der Waals surface area (Å²) in [6.45, 7) is 4.45. The molecule has 0 radical (unpaired) electrons. The summed E-state index contributed by atoms with van der Waals surface area (Å²) in [4.78, 5) is 43.1. The van der Waals surface area contributed by atoms with Crippen LogP contribution in [-0.4, -0.2) is 33.8 Å². The zero-order valence-corrected chi connectivity index (χ0v) is 17.4. The topological polar surface area (TPSA) is 93.1 Å². The van der Waals surface area contributed by atoms with Crippen LogP contribution in [0.1, 0.15) is 37.1 Å². The van der Waals surface area contributed by atoms with Crippen molar-refractivity contribution in [1.29, 1.82) is 0 Å². The number of aromatic nitrogens is 2. The number of fused-ring (bicyclic) bond motifs is 3. The molecule has 2 N–H and O–H groups in total. The first-order valence-corrected chi connectivity index (χ1v) is 10.9. The van der Waals surface area contributed by atoms with Crippen LogP contribution in [-0.2, 0) is 24.7 Å². The Labute approximate surface area is 165 Å². The van der Waals surface area contributed by atoms with Gasteiger partial charge in [0, 0.05) is 18.5 Å². The highest BCUT2D eigenvalue weighted by molar-refractivity contribution is 7.99. The SMILES string of the molecule is CC(C)CNC(=O)NC(=O)CSc1nc2sc3c(c2c(=O)n1C)CCCC3. The van der Waals surface area contributed by atoms with Gasteiger partial charge in [-0.25, -0.2) is 9.78 Å². The molecule has 1 aliphatic rings. The van der Waals surface area contributed by atoms with Crippen LogP contribution < -0.4 is 16.2 Å². The van der Waals surface area contributed by atoms with Crippen molar-refractivity contribution in [2.45, 2.75) is 44.7 Å². The van der Waals surface area contributed by atoms with E-state index >= 15 is 0 Å². The van der Waals surface area contributed by atoms with Gasteiger partial charge in [0.1, 0.15) is 4.83 Å². The first-order valence-electron chi connectivity index (χ1n) is 9.08. The summed E-state index contributed by atoms with van der Waals surface area (Å²) in [6, 6.07) is -0.502. The summed E-state index contributed by atoms with van der Waals surface area (Å²) < 4.78 is 1.50. The van der Waals surface area contributed by atoms with E-state index in [4.69, 9.17) is 0 Å². The molecule has 9 heteroatoms. The molecule has 27 heavy (non-hydrogen) atoms. The maximum atomic E-state index is 12.8. The molecular weight excluding hydrogens is 384 g/mol. The van der Waals surface area contributed by atoms with E-state index in [1.165, 1.54) is 9.44 Å². The molecule has 0 aromatic carbocycles. The molecule has 2 aromatic heterocycles. The number of hydrogen-bond acceptors (Lipinski definition) is 6. The Morgan fingerprint density at radius 1 is 1.30 bits per heavy atom. The van der Waals surface area contributed by atoms with Crippen molar-refractivity contribution in [3.8, 4) is 0 Å². The van der Waals surface area contributed by atoms with E-state index in [1.54, 1.807) is 18.4 Å². The first kappa shape index (κ1) is 19.9. The van der Waals surface area contributed by atoms with Gasteiger partial charge >= 0.3 is 6.03 Å². The Balaban J connectivity index is 1.70. The van der Waals surface area contributed by atoms with Gasteiger partial charge < -0.3 is 5.32 Å². The average Bonchev–Trinajstić information content (AvgIpc) is 3.00. The van der Waals surface area contributed by atoms with E-state index in [-0.39, 0.29) is 11.3 Å². The van der Waals surface area contributed by atoms with E-state index in [0.717, 1.165) is 53.2 Å². The van der Waals surface area contributed by atoms with E-state index in [0.29, 0.717) is 17.6 Å². The minimum absolute atomic E-state index is 0.0198. The quantitative estimate of drug-likeness (QED) is 0.586. The van der Waals surface area contributed by atoms with Crippen molar-refractivity contribution in [1.82, 2.24) is 20.2 Å². The molecule has 0 spiro atoms. The van der Waals surface area contributed by atoms with E-state index in [2.05, 4.69) is 15.6 Å². The number of thiophene rings is 1. The lowest BCUT2D eigenvalue weighted by Crippen LogP contribution is -2.41. The van der Waals surface area contributed by atoms with Crippen LogP contribution in [0, 0.1) is 5.92 Å². The molecule has 3 amide bonds. The number of carbonyl (C=O) groups excluding carboxylic acids is 2. The fourth-order valence-corrected chi connectivity index (χ4v) is 5.10. The largest absolute Gasteiger partial charge is 0.338 e. The molecule has 2 heterocycles. The highest BCUT2D eigenvalue weighted by Gasteiger charge is 2.21. The van der Waals surface area contributed by atoms with Gasteiger partial charge in [0.25, 0.3) is 5.56 Å². The minimum atomic E-state index is -0.502. The Bertz CT molecular complexity index is 933. The number of hydrogen-bond donors (Lipinski definition) is 2. The molecule has 0 atom stereocenters. The lowest BCUT2D eigenvalue weighted by Gasteiger charge is -2.11. The molecule has 146 valence electrons. The van der Waals surface area contributed by atoms with E-state index in [9.17, 15) is 14.4 Å². The summed E-state index contributed by atoms with van der Waals surface area (Å²) in [5.41, 5.74) is 1.10. The molecule has 0 saturated carbocycles. The molecule has 0 aliphatic heterocycles. The van der Waals surface area contributed by atoms with Gasteiger partial charge in [-0.05, 0) is 37.2 Å². The number of urea groups is 1. The molecule has 0 unspecified atom stereocenters. The van der Waals surface area contributed by atoms with Crippen LogP contribution in [0.4, 0.5) is 4.79 Å². The van der Waals surface area contributed by atoms with Crippen LogP contribution in [0.5, 0.6) is 0 Å². The second-order valence-electron chi connectivity index (χ2n) is 7.09. The maximum Gasteiger partial charge on any atom is 0.321 e. The molecule has 2 aromatic rings. The van der Waals surface area contributed by atoms with Gasteiger partial charge in [-0.2, -0.15) is 0 Å². The predicted molar refractivity (Wildman–Crippen MR) is 109 cm³/mol. The average molecular weight is 409 g/mol. The van der Waals surface area contributed by atoms with Gasteiger partial charge in [-0.15, -0.1) is 11.3 Å². The third kappa shape index (κ3) is 4.52. The summed E-state index contributed by atoms with van der Waals surface area (Å²) in [6.07, 6.45) is 4.21. The number of thioether (sulfide) groups is 1. The molecule has 0 bridgehead atoms. The zero-order chi connectivity index (χ0) is 19.6. The van der Waals surface area contributed by atoms with E-state index in [1.807, 2.05) is 13.8 Å². The Morgan fingerprint density at radius 3 is 2.78 bits per heavy atom. The van der Waals surface area contributed by atoms with Gasteiger partial charge in [-0.3, -0.25) is 19.5 Å². The monoisotopic (exact) mass is 408 g/mol. The molecule has 7 nitrogen and oxygen atoms in total. The van der Waals surface area contributed by atoms with Crippen molar-refractivity contribution in [3.05, 3.63) is 20.8 Å². The van der Waals surface area contributed by atoms with E-state index < -0.39 is 11.9 Å². The molecule has 0 fully saturated rings. The number of carbonyl (C=O) groups is 2. The molecule has 1 aliphatic carbocycles. The van der Waals surface area contributed by atoms with Gasteiger partial charge in [0.15, 0.2) is 5.16 Å². The standard InChI is InChI=1S/C18H24N4O3S2/c1-10(2)8-19-17(25)20-13(23)9-26-18-21-15-14(16(24)22(18)3)11-6-4-5-7-12(11)27-15/h10H,4-9H2,1-3H3,(H2,19,20,23,25). The lowest BCUT2D eigenvalue weighted by atomic mass is 9.97. The van der Waals surface area contributed by atoms with Crippen molar-refractivity contribution in [3.63, 3.8) is 0 Å². The molecule has 3 rings (SSSR count). The number of nitrogens with zero attached hydrogens (tertiary/aromatic N) is 2. The predicted octanol–water partition coefficient (Wildman–Crippen LogP) is 2.45. The fourth-order valence-electron chi connectivity index (χ4n) is 3.03. The minimum Gasteiger partial charge on any atom is -0.338 e. The number of imide groups is 1. The van der Waals surface area contributed by atoms with Crippen LogP contribution in [0.3, 0.4) is 0 Å². The third-order valence-electron chi connectivity index (χ3n) is 4.41. The number of aryl methyl sites for hydroxylation is 2. The number of nitrogens with one attached hydrogen (secondary N) is 2. The number of rotatable bonds is 5.